The Morgan fingerprint density at radius 2 is 1.56 bits per heavy atom. The minimum atomic E-state index is -0.753. The maximum Gasteiger partial charge on any atom is 0.338 e. The Kier molecular flexibility index (Phi) is 12.5. The zero-order chi connectivity index (χ0) is 33.9. The number of rotatable bonds is 15. The van der Waals surface area contributed by atoms with Crippen LogP contribution in [0.5, 0.6) is 5.75 Å². The number of hydrogen-bond acceptors (Lipinski definition) is 8. The van der Waals surface area contributed by atoms with E-state index in [4.69, 9.17) is 21.7 Å². The van der Waals surface area contributed by atoms with Gasteiger partial charge in [0.15, 0.2) is 5.11 Å². The summed E-state index contributed by atoms with van der Waals surface area (Å²) in [6.45, 7) is 11.0. The largest absolute Gasteiger partial charge is 0.494 e. The molecule has 11 heteroatoms. The summed E-state index contributed by atoms with van der Waals surface area (Å²) in [6.07, 6.45) is 1.64. The summed E-state index contributed by atoms with van der Waals surface area (Å²) >= 11 is 5.88. The predicted molar refractivity (Wildman–Crippen MR) is 191 cm³/mol. The molecule has 0 saturated carbocycles. The average molecular weight is 672 g/mol. The van der Waals surface area contributed by atoms with Gasteiger partial charge >= 0.3 is 5.97 Å². The molecular formula is C37H45N5O5S. The number of carbonyl (C=O) groups is 3. The second kappa shape index (κ2) is 17.2. The van der Waals surface area contributed by atoms with Crippen LogP contribution in [0.3, 0.4) is 0 Å². The average Bonchev–Trinajstić information content (AvgIpc) is 3.33. The van der Waals surface area contributed by atoms with E-state index in [9.17, 15) is 14.4 Å². The van der Waals surface area contributed by atoms with Crippen molar-refractivity contribution < 1.29 is 23.9 Å². The number of anilines is 2. The fraction of sp³-hybridized carbons (Fsp3) is 0.405. The number of piperazine rings is 1. The third-order valence-electron chi connectivity index (χ3n) is 8.53. The molecule has 48 heavy (non-hydrogen) atoms. The van der Waals surface area contributed by atoms with Crippen molar-refractivity contribution in [2.45, 2.75) is 45.7 Å². The van der Waals surface area contributed by atoms with Gasteiger partial charge in [0.2, 0.25) is 5.91 Å². The number of hydrogen-bond donors (Lipinski definition) is 1. The van der Waals surface area contributed by atoms with Gasteiger partial charge in [-0.2, -0.15) is 0 Å². The van der Waals surface area contributed by atoms with Crippen LogP contribution >= 0.6 is 12.2 Å². The highest BCUT2D eigenvalue weighted by Crippen LogP contribution is 2.28. The van der Waals surface area contributed by atoms with Crippen LogP contribution in [0.4, 0.5) is 11.4 Å². The van der Waals surface area contributed by atoms with Crippen molar-refractivity contribution in [3.63, 3.8) is 0 Å². The van der Waals surface area contributed by atoms with E-state index in [0.717, 1.165) is 57.9 Å². The number of benzene rings is 3. The summed E-state index contributed by atoms with van der Waals surface area (Å²) in [5, 5.41) is 3.28. The number of amides is 2. The molecule has 0 spiro atoms. The lowest BCUT2D eigenvalue weighted by Crippen LogP contribution is -2.47. The fourth-order valence-electron chi connectivity index (χ4n) is 6.01. The Morgan fingerprint density at radius 1 is 0.875 bits per heavy atom. The molecule has 0 unspecified atom stereocenters. The third-order valence-corrected chi connectivity index (χ3v) is 8.95. The fourth-order valence-corrected chi connectivity index (χ4v) is 6.42. The molecule has 5 rings (SSSR count). The maximum absolute atomic E-state index is 13.9. The Balaban J connectivity index is 1.22. The zero-order valence-corrected chi connectivity index (χ0v) is 28.6. The first-order valence-electron chi connectivity index (χ1n) is 16.8. The van der Waals surface area contributed by atoms with Crippen LogP contribution < -0.4 is 15.0 Å². The molecule has 0 radical (unpaired) electrons. The topological polar surface area (TPSA) is 94.7 Å². The van der Waals surface area contributed by atoms with Crippen molar-refractivity contribution in [1.82, 2.24) is 14.7 Å². The molecule has 1 atom stereocenters. The van der Waals surface area contributed by atoms with Crippen molar-refractivity contribution >= 4 is 46.5 Å². The van der Waals surface area contributed by atoms with E-state index in [0.29, 0.717) is 35.2 Å². The molecule has 1 N–H and O–H groups in total. The van der Waals surface area contributed by atoms with Gasteiger partial charge in [-0.05, 0) is 92.6 Å². The molecule has 0 aliphatic carbocycles. The van der Waals surface area contributed by atoms with Gasteiger partial charge in [-0.3, -0.25) is 19.4 Å². The van der Waals surface area contributed by atoms with Gasteiger partial charge in [0, 0.05) is 45.0 Å². The van der Waals surface area contributed by atoms with Crippen molar-refractivity contribution in [3.8, 4) is 5.75 Å². The molecule has 2 saturated heterocycles. The van der Waals surface area contributed by atoms with E-state index in [1.54, 1.807) is 43.3 Å². The van der Waals surface area contributed by atoms with Crippen LogP contribution in [0.2, 0.25) is 0 Å². The normalized spacial score (nSPS) is 17.1. The number of carbonyl (C=O) groups excluding carboxylic acids is 3. The smallest absolute Gasteiger partial charge is 0.338 e. The molecule has 2 aliphatic heterocycles. The van der Waals surface area contributed by atoms with E-state index >= 15 is 0 Å². The van der Waals surface area contributed by atoms with Gasteiger partial charge in [0.05, 0.1) is 30.9 Å². The molecular weight excluding hydrogens is 627 g/mol. The van der Waals surface area contributed by atoms with E-state index in [1.807, 2.05) is 30.0 Å². The summed E-state index contributed by atoms with van der Waals surface area (Å²) in [4.78, 5) is 47.7. The van der Waals surface area contributed by atoms with Gasteiger partial charge in [-0.15, -0.1) is 0 Å². The Hall–Kier alpha value is -4.32. The number of nitrogens with one attached hydrogen (secondary N) is 1. The number of thiocarbonyl (C=S) groups is 1. The molecule has 0 aromatic heterocycles. The molecule has 2 heterocycles. The molecule has 2 amide bonds. The van der Waals surface area contributed by atoms with Crippen LogP contribution in [-0.4, -0.2) is 96.1 Å². The minimum Gasteiger partial charge on any atom is -0.494 e. The molecule has 3 aromatic carbocycles. The van der Waals surface area contributed by atoms with Gasteiger partial charge in [0.1, 0.15) is 11.8 Å². The molecule has 254 valence electrons. The van der Waals surface area contributed by atoms with E-state index in [1.165, 1.54) is 10.5 Å². The van der Waals surface area contributed by atoms with Crippen molar-refractivity contribution in [1.29, 1.82) is 0 Å². The lowest BCUT2D eigenvalue weighted by atomic mass is 10.1. The highest BCUT2D eigenvalue weighted by molar-refractivity contribution is 7.80. The van der Waals surface area contributed by atoms with Crippen LogP contribution in [-0.2, 0) is 20.9 Å². The van der Waals surface area contributed by atoms with E-state index < -0.39 is 12.0 Å². The highest BCUT2D eigenvalue weighted by Gasteiger charge is 2.44. The van der Waals surface area contributed by atoms with Crippen LogP contribution in [0.1, 0.15) is 49.0 Å². The minimum absolute atomic E-state index is 0.0529. The molecule has 2 fully saturated rings. The lowest BCUT2D eigenvalue weighted by Gasteiger charge is -2.35. The van der Waals surface area contributed by atoms with Crippen LogP contribution in [0, 0.1) is 0 Å². The van der Waals surface area contributed by atoms with Gasteiger partial charge in [-0.25, -0.2) is 4.79 Å². The second-order valence-corrected chi connectivity index (χ2v) is 12.4. The van der Waals surface area contributed by atoms with Gasteiger partial charge in [-0.1, -0.05) is 37.3 Å². The summed E-state index contributed by atoms with van der Waals surface area (Å²) in [5.41, 5.74) is 2.89. The summed E-state index contributed by atoms with van der Waals surface area (Å²) in [7, 11) is 0. The first-order chi connectivity index (χ1) is 23.4. The standard InChI is InChI=1S/C37H45N5O5S/c1-3-25-47-32-17-13-30(14-18-32)38-34(43)26-33-35(44)42(31-15-11-29(12-16-31)36(45)46-4-2)37(48)41(33)20-8-19-39-21-23-40(24-22-39)27-28-9-6-5-7-10-28/h5-7,9-18,33H,3-4,8,19-27H2,1-2H3,(H,38,43)/t33-/m0/s1. The van der Waals surface area contributed by atoms with Crippen molar-refractivity contribution in [2.24, 2.45) is 0 Å². The summed E-state index contributed by atoms with van der Waals surface area (Å²) in [6, 6.07) is 23.6. The predicted octanol–water partition coefficient (Wildman–Crippen LogP) is 5.19. The van der Waals surface area contributed by atoms with Gasteiger partial charge in [0.25, 0.3) is 5.91 Å². The first kappa shape index (κ1) is 35.0. The zero-order valence-electron chi connectivity index (χ0n) is 27.8. The Morgan fingerprint density at radius 3 is 2.23 bits per heavy atom. The number of nitrogens with zero attached hydrogens (tertiary/aromatic N) is 4. The molecule has 2 aliphatic rings. The van der Waals surface area contributed by atoms with Crippen LogP contribution in [0.15, 0.2) is 78.9 Å². The number of ether oxygens (including phenoxy) is 2. The van der Waals surface area contributed by atoms with Crippen LogP contribution in [0.25, 0.3) is 0 Å². The molecule has 3 aromatic rings. The van der Waals surface area contributed by atoms with Crippen molar-refractivity contribution in [3.05, 3.63) is 90.0 Å². The monoisotopic (exact) mass is 671 g/mol. The Labute approximate surface area is 288 Å². The third kappa shape index (κ3) is 9.18. The van der Waals surface area contributed by atoms with E-state index in [2.05, 4.69) is 39.4 Å². The van der Waals surface area contributed by atoms with E-state index in [-0.39, 0.29) is 24.8 Å². The Bertz CT molecular complexity index is 1530. The SMILES string of the molecule is CCCOc1ccc(NC(=O)C[C@H]2C(=O)N(c3ccc(C(=O)OCC)cc3)C(=S)N2CCCN2CCN(Cc3ccccc3)CC2)cc1. The highest BCUT2D eigenvalue weighted by atomic mass is 32.1. The lowest BCUT2D eigenvalue weighted by molar-refractivity contribution is -0.124. The van der Waals surface area contributed by atoms with Crippen molar-refractivity contribution in [2.75, 3.05) is 62.7 Å². The maximum atomic E-state index is 13.9. The quantitative estimate of drug-likeness (QED) is 0.173. The summed E-state index contributed by atoms with van der Waals surface area (Å²) < 4.78 is 10.7. The van der Waals surface area contributed by atoms with Gasteiger partial charge < -0.3 is 24.6 Å². The summed E-state index contributed by atoms with van der Waals surface area (Å²) in [5.74, 6) is -0.240. The molecule has 10 nitrogen and oxygen atoms in total. The molecule has 0 bridgehead atoms. The number of esters is 1. The first-order valence-corrected chi connectivity index (χ1v) is 17.2. The second-order valence-electron chi connectivity index (χ2n) is 12.0.